The van der Waals surface area contributed by atoms with Crippen LogP contribution in [0.2, 0.25) is 0 Å². The Labute approximate surface area is 111 Å². The van der Waals surface area contributed by atoms with Crippen molar-refractivity contribution < 1.29 is 27.1 Å². The molecule has 0 bridgehead atoms. The molecular weight excluding hydrogens is 282 g/mol. The first kappa shape index (κ1) is 18.2. The van der Waals surface area contributed by atoms with Gasteiger partial charge < -0.3 is 10.0 Å². The molecule has 9 heteroatoms. The molecule has 1 unspecified atom stereocenters. The Hall–Kier alpha value is -0.800. The quantitative estimate of drug-likeness (QED) is 0.617. The van der Waals surface area contributed by atoms with E-state index >= 15 is 0 Å². The van der Waals surface area contributed by atoms with E-state index in [1.54, 1.807) is 6.92 Å². The summed E-state index contributed by atoms with van der Waals surface area (Å²) >= 11 is 0. The molecule has 0 saturated heterocycles. The predicted octanol–water partition coefficient (Wildman–Crippen LogP) is -0.210. The van der Waals surface area contributed by atoms with Gasteiger partial charge in [0, 0.05) is 6.54 Å². The maximum absolute atomic E-state index is 12.3. The van der Waals surface area contributed by atoms with Gasteiger partial charge in [0.1, 0.15) is 0 Å². The lowest BCUT2D eigenvalue weighted by atomic mass is 10.3. The summed E-state index contributed by atoms with van der Waals surface area (Å²) in [5.74, 6) is -0.923. The molecule has 2 N–H and O–H groups in total. The maximum Gasteiger partial charge on any atom is 0.255 e. The third-order valence-corrected chi connectivity index (χ3v) is 3.90. The van der Waals surface area contributed by atoms with Crippen LogP contribution < -0.4 is 4.72 Å². The van der Waals surface area contributed by atoms with Crippen molar-refractivity contribution in [1.82, 2.24) is 9.62 Å². The number of aliphatic hydroxyl groups excluding tert-OH is 1. The van der Waals surface area contributed by atoms with Crippen LogP contribution in [0.4, 0.5) is 8.78 Å². The lowest BCUT2D eigenvalue weighted by Crippen LogP contribution is -2.49. The highest BCUT2D eigenvalue weighted by Gasteiger charge is 2.25. The molecular formula is C10H20F2N2O4S. The molecule has 0 aliphatic rings. The fourth-order valence-electron chi connectivity index (χ4n) is 1.50. The van der Waals surface area contributed by atoms with E-state index in [2.05, 4.69) is 4.72 Å². The van der Waals surface area contributed by atoms with Gasteiger partial charge in [-0.2, -0.15) is 0 Å². The summed E-state index contributed by atoms with van der Waals surface area (Å²) in [6, 6.07) is -1.14. The van der Waals surface area contributed by atoms with Gasteiger partial charge in [0.05, 0.1) is 24.9 Å². The minimum Gasteiger partial charge on any atom is -0.395 e. The topological polar surface area (TPSA) is 86.7 Å². The van der Waals surface area contributed by atoms with Gasteiger partial charge >= 0.3 is 0 Å². The number of hydrogen-bond donors (Lipinski definition) is 2. The Morgan fingerprint density at radius 1 is 1.42 bits per heavy atom. The summed E-state index contributed by atoms with van der Waals surface area (Å²) in [7, 11) is -3.60. The predicted molar refractivity (Wildman–Crippen MR) is 66.3 cm³/mol. The van der Waals surface area contributed by atoms with Crippen molar-refractivity contribution >= 4 is 15.9 Å². The van der Waals surface area contributed by atoms with Gasteiger partial charge in [-0.25, -0.2) is 21.9 Å². The second-order valence-corrected chi connectivity index (χ2v) is 5.93. The second-order valence-electron chi connectivity index (χ2n) is 4.06. The summed E-state index contributed by atoms with van der Waals surface area (Å²) < 4.78 is 49.6. The smallest absolute Gasteiger partial charge is 0.255 e. The zero-order valence-corrected chi connectivity index (χ0v) is 11.8. The van der Waals surface area contributed by atoms with Crippen molar-refractivity contribution in [2.45, 2.75) is 32.7 Å². The van der Waals surface area contributed by atoms with Crippen LogP contribution in [0.1, 0.15) is 20.3 Å². The molecule has 114 valence electrons. The molecule has 19 heavy (non-hydrogen) atoms. The van der Waals surface area contributed by atoms with E-state index in [1.807, 2.05) is 0 Å². The normalized spacial score (nSPS) is 13.6. The van der Waals surface area contributed by atoms with Crippen molar-refractivity contribution in [1.29, 1.82) is 0 Å². The van der Waals surface area contributed by atoms with Crippen molar-refractivity contribution in [2.24, 2.45) is 0 Å². The van der Waals surface area contributed by atoms with Gasteiger partial charge in [0.25, 0.3) is 6.43 Å². The summed E-state index contributed by atoms with van der Waals surface area (Å²) in [5.41, 5.74) is 0. The van der Waals surface area contributed by atoms with Crippen molar-refractivity contribution in [2.75, 3.05) is 25.4 Å². The van der Waals surface area contributed by atoms with Crippen LogP contribution in [-0.2, 0) is 14.8 Å². The first-order chi connectivity index (χ1) is 8.73. The maximum atomic E-state index is 12.3. The fraction of sp³-hybridized carbons (Fsp3) is 0.900. The van der Waals surface area contributed by atoms with Crippen LogP contribution in [0.25, 0.3) is 0 Å². The molecule has 0 saturated carbocycles. The lowest BCUT2D eigenvalue weighted by Gasteiger charge is -2.25. The molecule has 1 amide bonds. The molecule has 0 rings (SSSR count). The number of aliphatic hydroxyl groups is 1. The fourth-order valence-corrected chi connectivity index (χ4v) is 2.79. The highest BCUT2D eigenvalue weighted by molar-refractivity contribution is 7.89. The highest BCUT2D eigenvalue weighted by Crippen LogP contribution is 2.03. The Kier molecular flexibility index (Phi) is 8.03. The van der Waals surface area contributed by atoms with Crippen LogP contribution in [0.5, 0.6) is 0 Å². The number of nitrogens with zero attached hydrogens (tertiary/aromatic N) is 1. The molecule has 1 atom stereocenters. The minimum absolute atomic E-state index is 0.139. The number of amides is 1. The van der Waals surface area contributed by atoms with Crippen LogP contribution >= 0.6 is 0 Å². The number of sulfonamides is 1. The SMILES string of the molecule is CCCS(=O)(=O)NC(C)C(=O)N(CCO)CC(F)F. The molecule has 0 aromatic carbocycles. The summed E-state index contributed by atoms with van der Waals surface area (Å²) in [6.45, 7) is 1.39. The Morgan fingerprint density at radius 3 is 2.42 bits per heavy atom. The third kappa shape index (κ3) is 7.38. The van der Waals surface area contributed by atoms with Crippen LogP contribution in [0.15, 0.2) is 0 Å². The Bertz CT molecular complexity index is 376. The lowest BCUT2D eigenvalue weighted by molar-refractivity contribution is -0.135. The first-order valence-corrected chi connectivity index (χ1v) is 7.56. The molecule has 6 nitrogen and oxygen atoms in total. The Balaban J connectivity index is 4.66. The van der Waals surface area contributed by atoms with Gasteiger partial charge in [-0.3, -0.25) is 4.79 Å². The van der Waals surface area contributed by atoms with Crippen molar-refractivity contribution in [3.05, 3.63) is 0 Å². The number of alkyl halides is 2. The molecule has 0 spiro atoms. The van der Waals surface area contributed by atoms with Crippen LogP contribution in [0, 0.1) is 0 Å². The zero-order chi connectivity index (χ0) is 15.1. The number of hydrogen-bond acceptors (Lipinski definition) is 4. The average molecular weight is 302 g/mol. The van der Waals surface area contributed by atoms with Crippen molar-refractivity contribution in [3.63, 3.8) is 0 Å². The van der Waals surface area contributed by atoms with Gasteiger partial charge in [-0.05, 0) is 13.3 Å². The average Bonchev–Trinajstić information content (AvgIpc) is 2.26. The van der Waals surface area contributed by atoms with E-state index in [0.29, 0.717) is 6.42 Å². The van der Waals surface area contributed by atoms with E-state index in [9.17, 15) is 22.0 Å². The molecule has 0 aliphatic carbocycles. The van der Waals surface area contributed by atoms with Gasteiger partial charge in [0.2, 0.25) is 15.9 Å². The first-order valence-electron chi connectivity index (χ1n) is 5.91. The largest absolute Gasteiger partial charge is 0.395 e. The standard InChI is InChI=1S/C10H20F2N2O4S/c1-3-6-19(17,18)13-8(2)10(16)14(4-5-15)7-9(11)12/h8-9,13,15H,3-7H2,1-2H3. The summed E-state index contributed by atoms with van der Waals surface area (Å²) in [5, 5.41) is 8.72. The zero-order valence-electron chi connectivity index (χ0n) is 11.0. The highest BCUT2D eigenvalue weighted by atomic mass is 32.2. The van der Waals surface area contributed by atoms with Crippen molar-refractivity contribution in [3.8, 4) is 0 Å². The van der Waals surface area contributed by atoms with Crippen LogP contribution in [0.3, 0.4) is 0 Å². The molecule has 0 aromatic rings. The number of halogens is 2. The van der Waals surface area contributed by atoms with E-state index in [0.717, 1.165) is 4.90 Å². The number of carbonyl (C=O) groups is 1. The van der Waals surface area contributed by atoms with Gasteiger partial charge in [-0.1, -0.05) is 6.92 Å². The Morgan fingerprint density at radius 2 is 2.00 bits per heavy atom. The second kappa shape index (κ2) is 8.39. The number of rotatable bonds is 9. The summed E-state index contributed by atoms with van der Waals surface area (Å²) in [6.07, 6.45) is -2.36. The number of carbonyl (C=O) groups excluding carboxylic acids is 1. The number of nitrogens with one attached hydrogen (secondary N) is 1. The minimum atomic E-state index is -3.60. The van der Waals surface area contributed by atoms with Gasteiger partial charge in [0.15, 0.2) is 0 Å². The monoisotopic (exact) mass is 302 g/mol. The van der Waals surface area contributed by atoms with E-state index in [1.165, 1.54) is 6.92 Å². The van der Waals surface area contributed by atoms with E-state index in [4.69, 9.17) is 5.11 Å². The molecule has 0 aromatic heterocycles. The third-order valence-electron chi connectivity index (χ3n) is 2.24. The van der Waals surface area contributed by atoms with E-state index < -0.39 is 41.5 Å². The molecule has 0 radical (unpaired) electrons. The molecule has 0 heterocycles. The summed E-state index contributed by atoms with van der Waals surface area (Å²) in [4.78, 5) is 12.5. The van der Waals surface area contributed by atoms with Gasteiger partial charge in [-0.15, -0.1) is 0 Å². The van der Waals surface area contributed by atoms with Crippen LogP contribution in [-0.4, -0.2) is 62.2 Å². The molecule has 0 fully saturated rings. The molecule has 0 aliphatic heterocycles. The van der Waals surface area contributed by atoms with E-state index in [-0.39, 0.29) is 12.3 Å².